The molecular weight excluding hydrogens is 353 g/mol. The van der Waals surface area contributed by atoms with Gasteiger partial charge in [0.25, 0.3) is 0 Å². The summed E-state index contributed by atoms with van der Waals surface area (Å²) in [6, 6.07) is 4.64. The Labute approximate surface area is 146 Å². The molecule has 0 bridgehead atoms. The Hall–Kier alpha value is -1.91. The molecule has 0 radical (unpaired) electrons. The van der Waals surface area contributed by atoms with E-state index in [1.54, 1.807) is 0 Å². The summed E-state index contributed by atoms with van der Waals surface area (Å²) in [5.74, 6) is -0.926. The number of hydrogen-bond donors (Lipinski definition) is 3. The number of hydrogen-bond acceptors (Lipinski definition) is 7. The Balaban J connectivity index is 1.92. The summed E-state index contributed by atoms with van der Waals surface area (Å²) >= 11 is 1.26. The summed E-state index contributed by atoms with van der Waals surface area (Å²) < 4.78 is 38.0. The highest BCUT2D eigenvalue weighted by Gasteiger charge is 2.39. The molecule has 0 amide bonds. The molecule has 0 aromatic heterocycles. The molecule has 0 saturated carbocycles. The average molecular weight is 370 g/mol. The van der Waals surface area contributed by atoms with E-state index in [0.29, 0.717) is 22.3 Å². The van der Waals surface area contributed by atoms with E-state index in [2.05, 4.69) is 20.3 Å². The lowest BCUT2D eigenvalue weighted by atomic mass is 10.1. The number of thioether (sulfide) groups is 1. The molecular formula is C15H17F3N6S. The molecule has 6 nitrogen and oxygen atoms in total. The van der Waals surface area contributed by atoms with Crippen LogP contribution < -0.4 is 16.8 Å². The number of fused-ring (bicyclic) bond motifs is 1. The highest BCUT2D eigenvalue weighted by Crippen LogP contribution is 2.32. The van der Waals surface area contributed by atoms with Crippen LogP contribution in [0.4, 0.5) is 18.9 Å². The monoisotopic (exact) mass is 370 g/mol. The van der Waals surface area contributed by atoms with Crippen molar-refractivity contribution in [3.05, 3.63) is 29.8 Å². The number of amidine groups is 1. The fourth-order valence-electron chi connectivity index (χ4n) is 2.27. The molecule has 1 aromatic rings. The minimum Gasteiger partial charge on any atom is -0.339 e. The molecule has 0 aliphatic carbocycles. The topological polar surface area (TPSA) is 101 Å². The first kappa shape index (κ1) is 17.9. The van der Waals surface area contributed by atoms with Gasteiger partial charge >= 0.3 is 6.18 Å². The maximum atomic E-state index is 12.7. The molecule has 2 heterocycles. The molecule has 25 heavy (non-hydrogen) atoms. The van der Waals surface area contributed by atoms with Gasteiger partial charge in [0.15, 0.2) is 11.3 Å². The van der Waals surface area contributed by atoms with E-state index in [-0.39, 0.29) is 5.92 Å². The SMILES string of the molecule is CC(C)C1(N)N=C(Nc2ccc(C(F)(F)F)cc2)C2=NC(N)SC2=N1. The number of nitrogens with two attached hydrogens (primary N) is 2. The highest BCUT2D eigenvalue weighted by atomic mass is 32.2. The Kier molecular flexibility index (Phi) is 4.38. The first-order chi connectivity index (χ1) is 11.6. The number of benzene rings is 1. The van der Waals surface area contributed by atoms with Gasteiger partial charge in [0.2, 0.25) is 5.79 Å². The van der Waals surface area contributed by atoms with Gasteiger partial charge in [-0.25, -0.2) is 15.0 Å². The van der Waals surface area contributed by atoms with Crippen molar-refractivity contribution < 1.29 is 13.2 Å². The number of nitrogens with zero attached hydrogens (tertiary/aromatic N) is 3. The third-order valence-electron chi connectivity index (χ3n) is 3.81. The van der Waals surface area contributed by atoms with E-state index in [0.717, 1.165) is 12.1 Å². The minimum absolute atomic E-state index is 0.0941. The fraction of sp³-hybridized carbons (Fsp3) is 0.400. The van der Waals surface area contributed by atoms with Gasteiger partial charge in [0.1, 0.15) is 10.8 Å². The molecule has 3 rings (SSSR count). The van der Waals surface area contributed by atoms with Crippen LogP contribution in [0.25, 0.3) is 0 Å². The van der Waals surface area contributed by atoms with Crippen LogP contribution in [-0.4, -0.2) is 27.9 Å². The van der Waals surface area contributed by atoms with Crippen LogP contribution in [0.15, 0.2) is 39.2 Å². The molecule has 5 N–H and O–H groups in total. The van der Waals surface area contributed by atoms with E-state index in [1.807, 2.05) is 13.8 Å². The number of halogens is 3. The number of alkyl halides is 3. The average Bonchev–Trinajstić information content (AvgIpc) is 2.87. The summed E-state index contributed by atoms with van der Waals surface area (Å²) in [5.41, 5.74) is 11.8. The van der Waals surface area contributed by atoms with Crippen molar-refractivity contribution in [2.45, 2.75) is 31.3 Å². The Bertz CT molecular complexity index is 768. The zero-order valence-corrected chi connectivity index (χ0v) is 14.3. The molecule has 0 fully saturated rings. The van der Waals surface area contributed by atoms with E-state index in [1.165, 1.54) is 23.9 Å². The minimum atomic E-state index is -4.39. The third kappa shape index (κ3) is 3.55. The van der Waals surface area contributed by atoms with Crippen LogP contribution in [0.1, 0.15) is 19.4 Å². The van der Waals surface area contributed by atoms with Gasteiger partial charge in [-0.2, -0.15) is 13.2 Å². The molecule has 2 aliphatic rings. The molecule has 1 aromatic carbocycles. The van der Waals surface area contributed by atoms with Crippen LogP contribution >= 0.6 is 11.8 Å². The summed E-state index contributed by atoms with van der Waals surface area (Å²) in [5, 5.41) is 3.56. The predicted molar refractivity (Wildman–Crippen MR) is 94.7 cm³/mol. The molecule has 134 valence electrons. The van der Waals surface area contributed by atoms with Crippen LogP contribution in [-0.2, 0) is 6.18 Å². The van der Waals surface area contributed by atoms with Crippen molar-refractivity contribution in [1.29, 1.82) is 0 Å². The van der Waals surface area contributed by atoms with Crippen LogP contribution in [0.5, 0.6) is 0 Å². The van der Waals surface area contributed by atoms with Crippen molar-refractivity contribution in [3.8, 4) is 0 Å². The zero-order valence-electron chi connectivity index (χ0n) is 13.5. The van der Waals surface area contributed by atoms with Crippen molar-refractivity contribution in [2.75, 3.05) is 5.32 Å². The fourth-order valence-corrected chi connectivity index (χ4v) is 3.11. The van der Waals surface area contributed by atoms with Gasteiger partial charge in [-0.3, -0.25) is 5.73 Å². The lowest BCUT2D eigenvalue weighted by Crippen LogP contribution is -2.48. The second-order valence-electron chi connectivity index (χ2n) is 6.00. The third-order valence-corrected chi connectivity index (χ3v) is 4.67. The van der Waals surface area contributed by atoms with Crippen LogP contribution in [0.2, 0.25) is 0 Å². The van der Waals surface area contributed by atoms with Crippen molar-refractivity contribution in [2.24, 2.45) is 32.4 Å². The second kappa shape index (κ2) is 6.11. The van der Waals surface area contributed by atoms with E-state index >= 15 is 0 Å². The molecule has 2 aliphatic heterocycles. The van der Waals surface area contributed by atoms with E-state index in [9.17, 15) is 13.2 Å². The van der Waals surface area contributed by atoms with Crippen molar-refractivity contribution >= 4 is 34.0 Å². The number of nitrogens with one attached hydrogen (secondary N) is 1. The normalized spacial score (nSPS) is 26.1. The standard InChI is InChI=1S/C15H17F3N6S/c1-7(2)15(20)23-11(10-12(24-15)25-13(19)22-10)21-9-5-3-8(4-6-9)14(16,17)18/h3-7,13H,19-20H2,1-2H3,(H,21,23). The van der Waals surface area contributed by atoms with Gasteiger partial charge in [-0.1, -0.05) is 25.6 Å². The van der Waals surface area contributed by atoms with Gasteiger partial charge in [-0.05, 0) is 24.3 Å². The lowest BCUT2D eigenvalue weighted by Gasteiger charge is -2.30. The van der Waals surface area contributed by atoms with E-state index < -0.39 is 23.0 Å². The Morgan fingerprint density at radius 3 is 2.40 bits per heavy atom. The van der Waals surface area contributed by atoms with Crippen molar-refractivity contribution in [1.82, 2.24) is 0 Å². The second-order valence-corrected chi connectivity index (χ2v) is 7.11. The zero-order chi connectivity index (χ0) is 18.4. The summed E-state index contributed by atoms with van der Waals surface area (Å²) in [7, 11) is 0. The quantitative estimate of drug-likeness (QED) is 0.745. The van der Waals surface area contributed by atoms with Crippen LogP contribution in [0, 0.1) is 5.92 Å². The maximum Gasteiger partial charge on any atom is 0.416 e. The molecule has 0 spiro atoms. The van der Waals surface area contributed by atoms with Gasteiger partial charge in [0, 0.05) is 11.6 Å². The van der Waals surface area contributed by atoms with Gasteiger partial charge < -0.3 is 11.1 Å². The number of anilines is 1. The first-order valence-corrected chi connectivity index (χ1v) is 8.40. The van der Waals surface area contributed by atoms with E-state index in [4.69, 9.17) is 11.5 Å². The predicted octanol–water partition coefficient (Wildman–Crippen LogP) is 2.63. The smallest absolute Gasteiger partial charge is 0.339 e. The molecule has 0 saturated heterocycles. The highest BCUT2D eigenvalue weighted by molar-refractivity contribution is 8.17. The summed E-state index contributed by atoms with van der Waals surface area (Å²) in [4.78, 5) is 13.1. The van der Waals surface area contributed by atoms with Gasteiger partial charge in [0.05, 0.1) is 5.56 Å². The van der Waals surface area contributed by atoms with Crippen LogP contribution in [0.3, 0.4) is 0 Å². The summed E-state index contributed by atoms with van der Waals surface area (Å²) in [6.45, 7) is 3.76. The molecule has 2 unspecified atom stereocenters. The summed E-state index contributed by atoms with van der Waals surface area (Å²) in [6.07, 6.45) is -4.39. The lowest BCUT2D eigenvalue weighted by molar-refractivity contribution is -0.137. The van der Waals surface area contributed by atoms with Crippen molar-refractivity contribution in [3.63, 3.8) is 0 Å². The van der Waals surface area contributed by atoms with Gasteiger partial charge in [-0.15, -0.1) is 0 Å². The number of aliphatic imine (C=N–C) groups is 3. The Morgan fingerprint density at radius 2 is 1.84 bits per heavy atom. The molecule has 2 atom stereocenters. The Morgan fingerprint density at radius 1 is 1.20 bits per heavy atom. The maximum absolute atomic E-state index is 12.7. The largest absolute Gasteiger partial charge is 0.416 e. The first-order valence-electron chi connectivity index (χ1n) is 7.52. The molecule has 10 heteroatoms. The number of rotatable bonds is 2.